The Balaban J connectivity index is 1.26. The van der Waals surface area contributed by atoms with E-state index in [1.807, 2.05) is 36.4 Å². The number of hydrogen-bond acceptors (Lipinski definition) is 3. The summed E-state index contributed by atoms with van der Waals surface area (Å²) in [6.45, 7) is 4.01. The van der Waals surface area contributed by atoms with Gasteiger partial charge >= 0.3 is 12.1 Å². The Kier molecular flexibility index (Phi) is 6.70. The second-order valence-electron chi connectivity index (χ2n) is 8.81. The normalized spacial score (nSPS) is 12.2. The molecule has 0 bridgehead atoms. The number of carbonyl (C=O) groups is 2. The van der Waals surface area contributed by atoms with Gasteiger partial charge in [0.15, 0.2) is 0 Å². The number of ether oxygens (including phenoxy) is 1. The van der Waals surface area contributed by atoms with E-state index in [-0.39, 0.29) is 12.5 Å². The number of benzene rings is 3. The molecular weight excluding hydrogens is 426 g/mol. The summed E-state index contributed by atoms with van der Waals surface area (Å²) in [6.07, 6.45) is 0.0240. The van der Waals surface area contributed by atoms with Crippen molar-refractivity contribution in [3.05, 3.63) is 95.1 Å². The highest BCUT2D eigenvalue weighted by Crippen LogP contribution is 2.44. The predicted octanol–water partition coefficient (Wildman–Crippen LogP) is 5.33. The molecule has 0 unspecified atom stereocenters. The van der Waals surface area contributed by atoms with Crippen LogP contribution in [0.1, 0.15) is 48.4 Å². The van der Waals surface area contributed by atoms with Gasteiger partial charge in [-0.25, -0.2) is 4.79 Å². The molecule has 1 aliphatic rings. The summed E-state index contributed by atoms with van der Waals surface area (Å²) in [5.41, 5.74) is 5.33. The molecule has 0 spiro atoms. The lowest BCUT2D eigenvalue weighted by atomic mass is 9.84. The summed E-state index contributed by atoms with van der Waals surface area (Å²) in [5, 5.41) is 12.1. The molecule has 34 heavy (non-hydrogen) atoms. The molecule has 0 saturated carbocycles. The zero-order valence-electron chi connectivity index (χ0n) is 19.3. The van der Waals surface area contributed by atoms with Crippen molar-refractivity contribution in [2.24, 2.45) is 0 Å². The number of amides is 1. The van der Waals surface area contributed by atoms with Crippen LogP contribution < -0.4 is 5.32 Å². The van der Waals surface area contributed by atoms with Gasteiger partial charge in [0.2, 0.25) is 0 Å². The second-order valence-corrected chi connectivity index (χ2v) is 8.81. The van der Waals surface area contributed by atoms with Crippen molar-refractivity contribution >= 4 is 12.1 Å². The van der Waals surface area contributed by atoms with E-state index >= 15 is 0 Å². The monoisotopic (exact) mass is 453 g/mol. The molecule has 5 nitrogen and oxygen atoms in total. The number of carbonyl (C=O) groups excluding carboxylic acids is 1. The highest BCUT2D eigenvalue weighted by molar-refractivity contribution is 5.80. The molecule has 4 rings (SSSR count). The molecule has 0 aromatic heterocycles. The van der Waals surface area contributed by atoms with Crippen LogP contribution in [0.2, 0.25) is 0 Å². The minimum atomic E-state index is -0.946. The van der Waals surface area contributed by atoms with E-state index < -0.39 is 17.5 Å². The van der Waals surface area contributed by atoms with Crippen molar-refractivity contribution in [1.29, 1.82) is 0 Å². The summed E-state index contributed by atoms with van der Waals surface area (Å²) in [6, 6.07) is 23.7. The smallest absolute Gasteiger partial charge is 0.407 e. The fourth-order valence-corrected chi connectivity index (χ4v) is 4.13. The summed E-state index contributed by atoms with van der Waals surface area (Å²) >= 11 is 0. The number of hydrogen-bond donors (Lipinski definition) is 2. The molecule has 0 heterocycles. The predicted molar refractivity (Wildman–Crippen MR) is 132 cm³/mol. The van der Waals surface area contributed by atoms with E-state index in [1.54, 1.807) is 26.0 Å². The third-order valence-electron chi connectivity index (χ3n) is 6.24. The quantitative estimate of drug-likeness (QED) is 0.391. The van der Waals surface area contributed by atoms with Crippen LogP contribution in [-0.4, -0.2) is 30.3 Å². The lowest BCUT2D eigenvalue weighted by molar-refractivity contribution is -0.142. The van der Waals surface area contributed by atoms with E-state index in [2.05, 4.69) is 41.4 Å². The third-order valence-corrected chi connectivity index (χ3v) is 6.24. The molecule has 0 aliphatic heterocycles. The Morgan fingerprint density at radius 2 is 1.53 bits per heavy atom. The Labute approximate surface area is 199 Å². The molecule has 5 heteroatoms. The standard InChI is InChI=1S/C29H27NO4/c1-29(2,27(31)32)21-16-14-20(15-17-21)9-7-8-18-30-28(33)34-19-26-24-12-5-3-10-22(24)23-11-4-6-13-25(23)26/h3-6,10-17,26H,8,18-19H2,1-2H3,(H,30,33)(H,31,32). The highest BCUT2D eigenvalue weighted by Gasteiger charge is 2.29. The average Bonchev–Trinajstić information content (AvgIpc) is 3.16. The van der Waals surface area contributed by atoms with Crippen molar-refractivity contribution < 1.29 is 19.4 Å². The summed E-state index contributed by atoms with van der Waals surface area (Å²) in [7, 11) is 0. The van der Waals surface area contributed by atoms with Gasteiger partial charge in [0.05, 0.1) is 5.41 Å². The van der Waals surface area contributed by atoms with Gasteiger partial charge in [-0.05, 0) is 53.8 Å². The lowest BCUT2D eigenvalue weighted by Gasteiger charge is -2.19. The van der Waals surface area contributed by atoms with Gasteiger partial charge in [0.25, 0.3) is 0 Å². The van der Waals surface area contributed by atoms with E-state index in [1.165, 1.54) is 22.3 Å². The molecule has 3 aromatic rings. The Hall–Kier alpha value is -4.04. The van der Waals surface area contributed by atoms with E-state index in [4.69, 9.17) is 4.74 Å². The van der Waals surface area contributed by atoms with E-state index in [9.17, 15) is 14.7 Å². The molecule has 2 N–H and O–H groups in total. The minimum Gasteiger partial charge on any atom is -0.481 e. The Bertz CT molecular complexity index is 1220. The number of alkyl carbamates (subject to hydrolysis) is 1. The first kappa shape index (κ1) is 23.1. The van der Waals surface area contributed by atoms with Crippen LogP contribution in [0.3, 0.4) is 0 Å². The zero-order valence-corrected chi connectivity index (χ0v) is 19.3. The Morgan fingerprint density at radius 1 is 0.941 bits per heavy atom. The maximum Gasteiger partial charge on any atom is 0.407 e. The van der Waals surface area contributed by atoms with Gasteiger partial charge in [0, 0.05) is 24.4 Å². The molecule has 0 fully saturated rings. The van der Waals surface area contributed by atoms with E-state index in [0.717, 1.165) is 11.1 Å². The minimum absolute atomic E-state index is 0.0343. The van der Waals surface area contributed by atoms with Crippen LogP contribution in [0.5, 0.6) is 0 Å². The largest absolute Gasteiger partial charge is 0.481 e. The number of carboxylic acid groups (broad SMARTS) is 1. The lowest BCUT2D eigenvalue weighted by Crippen LogP contribution is -2.28. The van der Waals surface area contributed by atoms with Gasteiger partial charge in [-0.2, -0.15) is 0 Å². The van der Waals surface area contributed by atoms with Crippen molar-refractivity contribution in [2.75, 3.05) is 13.2 Å². The van der Waals surface area contributed by atoms with Gasteiger partial charge in [-0.15, -0.1) is 0 Å². The molecule has 0 radical (unpaired) electrons. The number of aliphatic carboxylic acids is 1. The third kappa shape index (κ3) is 4.82. The number of carboxylic acids is 1. The zero-order chi connectivity index (χ0) is 24.1. The van der Waals surface area contributed by atoms with Crippen molar-refractivity contribution in [3.8, 4) is 23.0 Å². The first-order valence-electron chi connectivity index (χ1n) is 11.3. The molecule has 1 amide bonds. The highest BCUT2D eigenvalue weighted by atomic mass is 16.5. The van der Waals surface area contributed by atoms with Crippen LogP contribution in [0, 0.1) is 11.8 Å². The number of fused-ring (bicyclic) bond motifs is 3. The van der Waals surface area contributed by atoms with Crippen LogP contribution in [0.4, 0.5) is 4.79 Å². The molecule has 3 aromatic carbocycles. The Morgan fingerprint density at radius 3 is 2.12 bits per heavy atom. The van der Waals surface area contributed by atoms with Crippen molar-refractivity contribution in [1.82, 2.24) is 5.32 Å². The maximum absolute atomic E-state index is 12.2. The SMILES string of the molecule is CC(C)(C(=O)O)c1ccc(C#CCCNC(=O)OCC2c3ccccc3-c3ccccc32)cc1. The fraction of sp³-hybridized carbons (Fsp3) is 0.241. The van der Waals surface area contributed by atoms with Gasteiger partial charge < -0.3 is 15.2 Å². The number of rotatable bonds is 6. The van der Waals surface area contributed by atoms with Gasteiger partial charge in [0.1, 0.15) is 6.61 Å². The van der Waals surface area contributed by atoms with Crippen LogP contribution >= 0.6 is 0 Å². The fourth-order valence-electron chi connectivity index (χ4n) is 4.13. The first-order chi connectivity index (χ1) is 16.4. The summed E-state index contributed by atoms with van der Waals surface area (Å²) in [4.78, 5) is 23.6. The second kappa shape index (κ2) is 9.84. The van der Waals surface area contributed by atoms with Crippen molar-refractivity contribution in [3.63, 3.8) is 0 Å². The number of nitrogens with one attached hydrogen (secondary N) is 1. The molecule has 0 atom stereocenters. The van der Waals surface area contributed by atoms with E-state index in [0.29, 0.717) is 13.0 Å². The first-order valence-corrected chi connectivity index (χ1v) is 11.3. The molecular formula is C29H27NO4. The van der Waals surface area contributed by atoms with Crippen LogP contribution in [0.25, 0.3) is 11.1 Å². The van der Waals surface area contributed by atoms with Gasteiger partial charge in [-0.3, -0.25) is 4.79 Å². The van der Waals surface area contributed by atoms with Crippen molar-refractivity contribution in [2.45, 2.75) is 31.6 Å². The summed E-state index contributed by atoms with van der Waals surface area (Å²) < 4.78 is 5.52. The molecule has 172 valence electrons. The topological polar surface area (TPSA) is 75.6 Å². The molecule has 0 saturated heterocycles. The van der Waals surface area contributed by atoms with Crippen LogP contribution in [0.15, 0.2) is 72.8 Å². The average molecular weight is 454 g/mol. The summed E-state index contributed by atoms with van der Waals surface area (Å²) in [5.74, 6) is 5.22. The van der Waals surface area contributed by atoms with Gasteiger partial charge in [-0.1, -0.05) is 72.5 Å². The van der Waals surface area contributed by atoms with Crippen LogP contribution in [-0.2, 0) is 14.9 Å². The maximum atomic E-state index is 12.2. The molecule has 1 aliphatic carbocycles.